The summed E-state index contributed by atoms with van der Waals surface area (Å²) in [6, 6.07) is 60.1. The molecule has 0 radical (unpaired) electrons. The molecule has 14 heteroatoms. The topological polar surface area (TPSA) is 65.7 Å². The van der Waals surface area contributed by atoms with E-state index in [9.17, 15) is 0 Å². The van der Waals surface area contributed by atoms with E-state index >= 15 is 0 Å². The summed E-state index contributed by atoms with van der Waals surface area (Å²) in [5.41, 5.74) is 29.0. The first kappa shape index (κ1) is 84.8. The Morgan fingerprint density at radius 2 is 0.625 bits per heavy atom. The van der Waals surface area contributed by atoms with Crippen molar-refractivity contribution >= 4 is 192 Å². The van der Waals surface area contributed by atoms with E-state index < -0.39 is 0 Å². The number of thiophene rings is 4. The van der Waals surface area contributed by atoms with Gasteiger partial charge in [-0.3, -0.25) is 0 Å². The van der Waals surface area contributed by atoms with Gasteiger partial charge in [0, 0.05) is 197 Å². The molecule has 0 unspecified atom stereocenters. The summed E-state index contributed by atoms with van der Waals surface area (Å²) in [6.07, 6.45) is 0. The molecule has 0 amide bonds. The zero-order valence-corrected chi connectivity index (χ0v) is 79.5. The Morgan fingerprint density at radius 3 is 1.18 bits per heavy atom. The summed E-state index contributed by atoms with van der Waals surface area (Å²) in [7, 11) is 17.3. The first-order valence-electron chi connectivity index (χ1n) is 43.0. The Balaban J connectivity index is 0.000000109. The summed E-state index contributed by atoms with van der Waals surface area (Å²) >= 11 is 7.69. The Labute approximate surface area is 724 Å². The van der Waals surface area contributed by atoms with Crippen LogP contribution in [0.25, 0.3) is 147 Å². The Kier molecular flexibility index (Phi) is 23.5. The fourth-order valence-electron chi connectivity index (χ4n) is 19.7. The van der Waals surface area contributed by atoms with Crippen molar-refractivity contribution in [3.8, 4) is 0 Å². The highest BCUT2D eigenvalue weighted by Gasteiger charge is 2.27. The van der Waals surface area contributed by atoms with Crippen molar-refractivity contribution < 1.29 is 8.83 Å². The van der Waals surface area contributed by atoms with E-state index in [1.54, 1.807) is 0 Å². The van der Waals surface area contributed by atoms with Gasteiger partial charge in [0.2, 0.25) is 0 Å². The third kappa shape index (κ3) is 14.1. The molecule has 0 aliphatic heterocycles. The number of hydrogen-bond donors (Lipinski definition) is 0. The lowest BCUT2D eigenvalue weighted by Crippen LogP contribution is -2.00. The number of hydrogen-bond acceptors (Lipinski definition) is 6. The van der Waals surface area contributed by atoms with Crippen molar-refractivity contribution in [3.63, 3.8) is 0 Å². The molecule has 0 fully saturated rings. The Morgan fingerprint density at radius 1 is 0.242 bits per heavy atom. The van der Waals surface area contributed by atoms with Crippen LogP contribution in [-0.2, 0) is 56.4 Å². The molecule has 0 atom stereocenters. The van der Waals surface area contributed by atoms with Gasteiger partial charge in [0.1, 0.15) is 21.6 Å². The predicted molar refractivity (Wildman–Crippen MR) is 530 cm³/mol. The maximum absolute atomic E-state index is 6.03. The quantitative estimate of drug-likeness (QED) is 0.160. The number of furan rings is 2. The molecule has 21 aromatic rings. The van der Waals surface area contributed by atoms with Crippen LogP contribution < -0.4 is 0 Å². The van der Waals surface area contributed by atoms with Gasteiger partial charge in [-0.05, 0) is 155 Å². The lowest BCUT2D eigenvalue weighted by atomic mass is 9.99. The molecule has 0 saturated carbocycles. The molecule has 120 heavy (non-hydrogen) atoms. The van der Waals surface area contributed by atoms with E-state index in [1.165, 1.54) is 204 Å². The minimum absolute atomic E-state index is 0.469. The largest absolute Gasteiger partial charge is 0.454 e. The van der Waals surface area contributed by atoms with Gasteiger partial charge in [0.25, 0.3) is 0 Å². The van der Waals surface area contributed by atoms with Crippen molar-refractivity contribution in [3.05, 3.63) is 249 Å². The molecule has 14 aromatic heterocycles. The van der Waals surface area contributed by atoms with Crippen molar-refractivity contribution in [1.29, 1.82) is 0 Å². The van der Waals surface area contributed by atoms with E-state index in [2.05, 4.69) is 384 Å². The molecule has 0 bridgehead atoms. The van der Waals surface area contributed by atoms with Crippen molar-refractivity contribution in [2.75, 3.05) is 0 Å². The highest BCUT2D eigenvalue weighted by atomic mass is 32.1. The highest BCUT2D eigenvalue weighted by molar-refractivity contribution is 7.27. The fourth-order valence-corrected chi connectivity index (χ4v) is 25.1. The average Bonchev–Trinajstić information content (AvgIpc) is 1.56. The SMILES string of the molecule is Cc1c(C(C)C)c2c3ccccc3n(C)c2n1C.Cc1c(C(C)C)c2c3ccccc3sc2n1C.Cc1c(C(C)C)c2oc3ccccc3c2n1C.Cc1c(C(C)C)c2sc3ccccc3c2n1C.Cc1c2c(oc3ccccc32)c(C(C)C)n1C.Cc1c2c(sc3ccccc32)c(C(C)C)n1C.Cc1c2sc3ccccc3c2c(C(C)C)n1C. The third-order valence-electron chi connectivity index (χ3n) is 25.8. The van der Waals surface area contributed by atoms with Crippen LogP contribution in [-0.4, -0.2) is 36.5 Å². The van der Waals surface area contributed by atoms with Gasteiger partial charge in [0.05, 0.1) is 36.3 Å². The number of para-hydroxylation sites is 3. The summed E-state index contributed by atoms with van der Waals surface area (Å²) in [5.74, 6) is 3.82. The molecule has 0 spiro atoms. The number of aromatic nitrogens is 8. The van der Waals surface area contributed by atoms with Crippen LogP contribution in [0.1, 0.15) is 218 Å². The van der Waals surface area contributed by atoms with E-state index in [4.69, 9.17) is 8.83 Å². The molecule has 0 saturated heterocycles. The van der Waals surface area contributed by atoms with Crippen molar-refractivity contribution in [2.45, 2.75) is 187 Å². The van der Waals surface area contributed by atoms with E-state index in [-0.39, 0.29) is 0 Å². The van der Waals surface area contributed by atoms with E-state index in [1.807, 2.05) is 69.6 Å². The number of benzene rings is 7. The highest BCUT2D eigenvalue weighted by Crippen LogP contribution is 2.48. The van der Waals surface area contributed by atoms with Gasteiger partial charge in [-0.25, -0.2) is 0 Å². The van der Waals surface area contributed by atoms with Crippen LogP contribution in [0.3, 0.4) is 0 Å². The van der Waals surface area contributed by atoms with Crippen LogP contribution in [0.4, 0.5) is 0 Å². The molecule has 622 valence electrons. The van der Waals surface area contributed by atoms with Crippen molar-refractivity contribution in [2.24, 2.45) is 56.4 Å². The van der Waals surface area contributed by atoms with Crippen LogP contribution in [0.2, 0.25) is 0 Å². The Bertz CT molecular complexity index is 6780. The zero-order valence-electron chi connectivity index (χ0n) is 76.2. The number of fused-ring (bicyclic) bond motifs is 21. The maximum Gasteiger partial charge on any atom is 0.157 e. The lowest BCUT2D eigenvalue weighted by molar-refractivity contribution is 0.639. The van der Waals surface area contributed by atoms with Gasteiger partial charge >= 0.3 is 0 Å². The minimum Gasteiger partial charge on any atom is -0.454 e. The maximum atomic E-state index is 6.03. The second kappa shape index (κ2) is 33.3. The van der Waals surface area contributed by atoms with E-state index in [0.29, 0.717) is 41.4 Å². The minimum atomic E-state index is 0.469. The molecular formula is C106H122N8O2S4. The fraction of sp³-hybridized carbons (Fsp3) is 0.340. The molecule has 21 rings (SSSR count). The average molecular weight is 1670 g/mol. The molecule has 14 heterocycles. The van der Waals surface area contributed by atoms with Crippen LogP contribution in [0.15, 0.2) is 179 Å². The standard InChI is InChI=1S/C16H20N2.2C15H17NO.4C15H17NS/c1-10(2)14-11(3)17(4)16-15(14)12-8-6-7-9-13(12)18(16)5;1-9(2)14-15-13(10(3)16(14)4)11-7-5-6-8-12(11)17-15;1-9(2)13-10(3)16(4)14-11-7-5-6-8-12(11)17-15(13)14;1-9(2)14-13-11-7-5-6-8-12(11)17-15(13)10(3)16(14)4;1-9(2)14-15-13(10(3)16(14)4)11-7-5-6-8-12(11)17-15;1-9(2)13-10(3)16(4)14-11-7-5-6-8-12(11)17-15(13)14;1-9(2)13-10(3)16(4)15-14(13)11-7-5-6-8-12(11)17-15/h6-10H,1-5H3;6*5-9H,1-4H3. The third-order valence-corrected chi connectivity index (χ3v) is 30.7. The van der Waals surface area contributed by atoms with Gasteiger partial charge in [-0.2, -0.15) is 0 Å². The van der Waals surface area contributed by atoms with Gasteiger partial charge in [0.15, 0.2) is 11.2 Å². The van der Waals surface area contributed by atoms with Gasteiger partial charge < -0.3 is 45.4 Å². The van der Waals surface area contributed by atoms with Crippen LogP contribution in [0.5, 0.6) is 0 Å². The normalized spacial score (nSPS) is 12.1. The number of nitrogens with zero attached hydrogens (tertiary/aromatic N) is 8. The smallest absolute Gasteiger partial charge is 0.157 e. The monoisotopic (exact) mass is 1670 g/mol. The first-order valence-corrected chi connectivity index (χ1v) is 46.3. The summed E-state index contributed by atoms with van der Waals surface area (Å²) in [6.45, 7) is 47.1. The van der Waals surface area contributed by atoms with Crippen molar-refractivity contribution in [1.82, 2.24) is 36.5 Å². The van der Waals surface area contributed by atoms with Crippen LogP contribution in [0, 0.1) is 48.5 Å². The number of rotatable bonds is 7. The second-order valence-electron chi connectivity index (χ2n) is 35.4. The van der Waals surface area contributed by atoms with Gasteiger partial charge in [-0.15, -0.1) is 45.3 Å². The summed E-state index contributed by atoms with van der Waals surface area (Å²) in [5, 5.41) is 16.6. The van der Waals surface area contributed by atoms with Crippen LogP contribution >= 0.6 is 45.3 Å². The molecule has 0 N–H and O–H groups in total. The number of aryl methyl sites for hydroxylation is 8. The zero-order chi connectivity index (χ0) is 86.0. The second-order valence-corrected chi connectivity index (χ2v) is 39.6. The Hall–Kier alpha value is -10.2. The predicted octanol–water partition coefficient (Wildman–Crippen LogP) is 32.1. The summed E-state index contributed by atoms with van der Waals surface area (Å²) < 4.78 is 40.6. The van der Waals surface area contributed by atoms with E-state index in [0.717, 1.165) is 22.3 Å². The molecular weight excluding hydrogens is 1550 g/mol. The molecule has 0 aliphatic rings. The van der Waals surface area contributed by atoms with Gasteiger partial charge in [-0.1, -0.05) is 218 Å². The lowest BCUT2D eigenvalue weighted by Gasteiger charge is -2.09. The molecule has 7 aromatic carbocycles. The molecule has 0 aliphatic carbocycles. The first-order chi connectivity index (χ1) is 57.2. The summed E-state index contributed by atoms with van der Waals surface area (Å²) in [4.78, 5) is 1.41. The molecule has 10 nitrogen and oxygen atoms in total.